The summed E-state index contributed by atoms with van der Waals surface area (Å²) in [4.78, 5) is 10.8. The zero-order valence-corrected chi connectivity index (χ0v) is 8.97. The minimum absolute atomic E-state index is 0.535. The zero-order valence-electron chi connectivity index (χ0n) is 8.16. The smallest absolute Gasteiger partial charge is 0.326 e. The van der Waals surface area contributed by atoms with Crippen LogP contribution >= 0.6 is 11.8 Å². The van der Waals surface area contributed by atoms with Crippen molar-refractivity contribution < 1.29 is 14.6 Å². The highest BCUT2D eigenvalue weighted by Crippen LogP contribution is 2.09. The lowest BCUT2D eigenvalue weighted by Crippen LogP contribution is -2.36. The summed E-state index contributed by atoms with van der Waals surface area (Å²) in [7, 11) is 0. The molecule has 0 unspecified atom stereocenters. The molecule has 1 atom stereocenters. The van der Waals surface area contributed by atoms with Gasteiger partial charge in [-0.1, -0.05) is 0 Å². The van der Waals surface area contributed by atoms with Crippen molar-refractivity contribution in [3.63, 3.8) is 0 Å². The molecule has 2 N–H and O–H groups in total. The number of carboxylic acid groups (broad SMARTS) is 1. The fourth-order valence-corrected chi connectivity index (χ4v) is 1.65. The quantitative estimate of drug-likeness (QED) is 0.696. The molecule has 0 aliphatic carbocycles. The number of rotatable bonds is 6. The molecule has 0 amide bonds. The van der Waals surface area contributed by atoms with E-state index >= 15 is 0 Å². The van der Waals surface area contributed by atoms with Crippen LogP contribution in [0.3, 0.4) is 0 Å². The molecule has 5 heteroatoms. The lowest BCUT2D eigenvalue weighted by atomic mass is 10.2. The van der Waals surface area contributed by atoms with Crippen LogP contribution in [0.25, 0.3) is 0 Å². The number of nitrogens with one attached hydrogen (secondary N) is 1. The van der Waals surface area contributed by atoms with E-state index in [1.54, 1.807) is 11.8 Å². The van der Waals surface area contributed by atoms with E-state index in [1.165, 1.54) is 0 Å². The molecule has 1 aliphatic rings. The summed E-state index contributed by atoms with van der Waals surface area (Å²) in [5, 5.41) is 11.8. The Morgan fingerprint density at radius 2 is 2.64 bits per heavy atom. The van der Waals surface area contributed by atoms with Gasteiger partial charge >= 0.3 is 5.97 Å². The summed E-state index contributed by atoms with van der Waals surface area (Å²) in [6.45, 7) is 0.650. The highest BCUT2D eigenvalue weighted by molar-refractivity contribution is 7.98. The molecular formula is C9H15NO3S. The minimum Gasteiger partial charge on any atom is -0.480 e. The fourth-order valence-electron chi connectivity index (χ4n) is 1.18. The number of hydrogen-bond acceptors (Lipinski definition) is 4. The predicted molar refractivity (Wildman–Crippen MR) is 56.2 cm³/mol. The lowest BCUT2D eigenvalue weighted by Gasteiger charge is -2.15. The molecule has 0 radical (unpaired) electrons. The molecule has 0 spiro atoms. The first-order chi connectivity index (χ1) is 6.74. The van der Waals surface area contributed by atoms with Gasteiger partial charge in [0.05, 0.1) is 6.61 Å². The van der Waals surface area contributed by atoms with Crippen molar-refractivity contribution in [3.8, 4) is 0 Å². The molecule has 1 rings (SSSR count). The standard InChI is InChI=1S/C9H15NO3S/c1-14-6-4-7(9(11)12)10-8-3-2-5-13-8/h3,7,10H,2,4-6H2,1H3,(H,11,12)/t7-/m0/s1. The van der Waals surface area contributed by atoms with E-state index < -0.39 is 12.0 Å². The molecule has 0 aromatic carbocycles. The second kappa shape index (κ2) is 5.80. The van der Waals surface area contributed by atoms with Crippen molar-refractivity contribution in [1.29, 1.82) is 0 Å². The van der Waals surface area contributed by atoms with Gasteiger partial charge < -0.3 is 15.2 Å². The SMILES string of the molecule is CSCC[C@H](NC1=CCCO1)C(=O)O. The van der Waals surface area contributed by atoms with Crippen LogP contribution in [0.15, 0.2) is 12.0 Å². The Balaban J connectivity index is 2.38. The molecule has 0 saturated heterocycles. The van der Waals surface area contributed by atoms with Crippen molar-refractivity contribution in [3.05, 3.63) is 12.0 Å². The molecule has 4 nitrogen and oxygen atoms in total. The number of ether oxygens (including phenoxy) is 1. The first-order valence-electron chi connectivity index (χ1n) is 4.55. The van der Waals surface area contributed by atoms with Crippen LogP contribution in [0.1, 0.15) is 12.8 Å². The maximum absolute atomic E-state index is 10.8. The van der Waals surface area contributed by atoms with Gasteiger partial charge in [0.2, 0.25) is 0 Å². The van der Waals surface area contributed by atoms with Gasteiger partial charge in [-0.2, -0.15) is 11.8 Å². The Bertz CT molecular complexity index is 230. The van der Waals surface area contributed by atoms with Crippen LogP contribution in [0.4, 0.5) is 0 Å². The molecule has 80 valence electrons. The van der Waals surface area contributed by atoms with E-state index in [0.29, 0.717) is 18.9 Å². The van der Waals surface area contributed by atoms with E-state index in [-0.39, 0.29) is 0 Å². The molecule has 14 heavy (non-hydrogen) atoms. The second-order valence-electron chi connectivity index (χ2n) is 3.02. The van der Waals surface area contributed by atoms with Crippen molar-refractivity contribution in [2.45, 2.75) is 18.9 Å². The zero-order chi connectivity index (χ0) is 10.4. The molecule has 1 heterocycles. The van der Waals surface area contributed by atoms with Crippen LogP contribution < -0.4 is 5.32 Å². The third-order valence-corrected chi connectivity index (χ3v) is 2.57. The van der Waals surface area contributed by atoms with Crippen LogP contribution in [0.5, 0.6) is 0 Å². The number of carbonyl (C=O) groups is 1. The van der Waals surface area contributed by atoms with Crippen LogP contribution in [-0.4, -0.2) is 35.7 Å². The fraction of sp³-hybridized carbons (Fsp3) is 0.667. The van der Waals surface area contributed by atoms with Crippen molar-refractivity contribution >= 4 is 17.7 Å². The monoisotopic (exact) mass is 217 g/mol. The highest BCUT2D eigenvalue weighted by atomic mass is 32.2. The second-order valence-corrected chi connectivity index (χ2v) is 4.01. The van der Waals surface area contributed by atoms with Crippen LogP contribution in [-0.2, 0) is 9.53 Å². The van der Waals surface area contributed by atoms with E-state index in [1.807, 2.05) is 12.3 Å². The largest absolute Gasteiger partial charge is 0.480 e. The average Bonchev–Trinajstić information content (AvgIpc) is 2.64. The summed E-state index contributed by atoms with van der Waals surface area (Å²) in [5.74, 6) is 0.617. The van der Waals surface area contributed by atoms with Gasteiger partial charge in [0.25, 0.3) is 0 Å². The highest BCUT2D eigenvalue weighted by Gasteiger charge is 2.19. The average molecular weight is 217 g/mol. The number of aliphatic carboxylic acids is 1. The van der Waals surface area contributed by atoms with Gasteiger partial charge in [-0.05, 0) is 24.5 Å². The maximum Gasteiger partial charge on any atom is 0.326 e. The Kier molecular flexibility index (Phi) is 4.65. The molecule has 0 fully saturated rings. The first-order valence-corrected chi connectivity index (χ1v) is 5.94. The number of carboxylic acids is 1. The third kappa shape index (κ3) is 3.49. The summed E-state index contributed by atoms with van der Waals surface area (Å²) in [6.07, 6.45) is 5.31. The first kappa shape index (κ1) is 11.2. The van der Waals surface area contributed by atoms with Gasteiger partial charge in [-0.3, -0.25) is 0 Å². The normalized spacial score (nSPS) is 17.1. The van der Waals surface area contributed by atoms with Gasteiger partial charge in [0, 0.05) is 6.42 Å². The third-order valence-electron chi connectivity index (χ3n) is 1.93. The summed E-state index contributed by atoms with van der Waals surface area (Å²) < 4.78 is 5.19. The minimum atomic E-state index is -0.824. The van der Waals surface area contributed by atoms with Crippen LogP contribution in [0.2, 0.25) is 0 Å². The van der Waals surface area contributed by atoms with Gasteiger partial charge in [-0.25, -0.2) is 4.79 Å². The molecule has 0 bridgehead atoms. The van der Waals surface area contributed by atoms with Gasteiger partial charge in [-0.15, -0.1) is 0 Å². The Labute approximate surface area is 87.7 Å². The van der Waals surface area contributed by atoms with Gasteiger partial charge in [0.1, 0.15) is 6.04 Å². The number of thioether (sulfide) groups is 1. The maximum atomic E-state index is 10.8. The number of hydrogen-bond donors (Lipinski definition) is 2. The van der Waals surface area contributed by atoms with Crippen molar-refractivity contribution in [2.75, 3.05) is 18.6 Å². The molecule has 0 aromatic heterocycles. The Morgan fingerprint density at radius 3 is 3.14 bits per heavy atom. The molecule has 0 aromatic rings. The molecule has 1 aliphatic heterocycles. The van der Waals surface area contributed by atoms with E-state index in [2.05, 4.69) is 5.32 Å². The van der Waals surface area contributed by atoms with Gasteiger partial charge in [0.15, 0.2) is 5.88 Å². The van der Waals surface area contributed by atoms with Crippen molar-refractivity contribution in [1.82, 2.24) is 5.32 Å². The van der Waals surface area contributed by atoms with E-state index in [9.17, 15) is 4.79 Å². The topological polar surface area (TPSA) is 58.6 Å². The van der Waals surface area contributed by atoms with Crippen molar-refractivity contribution in [2.24, 2.45) is 0 Å². The molecule has 0 saturated carbocycles. The summed E-state index contributed by atoms with van der Waals surface area (Å²) in [5.41, 5.74) is 0. The lowest BCUT2D eigenvalue weighted by molar-refractivity contribution is -0.139. The van der Waals surface area contributed by atoms with E-state index in [4.69, 9.17) is 9.84 Å². The Morgan fingerprint density at radius 1 is 1.86 bits per heavy atom. The van der Waals surface area contributed by atoms with Crippen LogP contribution in [0, 0.1) is 0 Å². The summed E-state index contributed by atoms with van der Waals surface area (Å²) >= 11 is 1.64. The summed E-state index contributed by atoms with van der Waals surface area (Å²) in [6, 6.07) is -0.535. The Hall–Kier alpha value is -0.840. The predicted octanol–water partition coefficient (Wildman–Crippen LogP) is 1.04. The molecular weight excluding hydrogens is 202 g/mol. The van der Waals surface area contributed by atoms with E-state index in [0.717, 1.165) is 12.2 Å².